The SMILES string of the molecule is CCCN1C(=O)c2cc(S(=O)(=O)NC3CCCC3)ccc2Oc2cccnc21. The monoisotopic (exact) mass is 401 g/mol. The molecule has 0 bridgehead atoms. The molecule has 1 aromatic carbocycles. The summed E-state index contributed by atoms with van der Waals surface area (Å²) in [4.78, 5) is 19.1. The van der Waals surface area contributed by atoms with E-state index in [1.165, 1.54) is 12.1 Å². The van der Waals surface area contributed by atoms with Crippen LogP contribution in [0.4, 0.5) is 5.82 Å². The van der Waals surface area contributed by atoms with Crippen LogP contribution in [-0.4, -0.2) is 31.9 Å². The van der Waals surface area contributed by atoms with Gasteiger partial charge in [0.25, 0.3) is 5.91 Å². The number of nitrogens with zero attached hydrogens (tertiary/aromatic N) is 2. The number of ether oxygens (including phenoxy) is 1. The van der Waals surface area contributed by atoms with Gasteiger partial charge in [-0.2, -0.15) is 0 Å². The number of carbonyl (C=O) groups excluding carboxylic acids is 1. The summed E-state index contributed by atoms with van der Waals surface area (Å²) < 4.78 is 34.3. The number of hydrogen-bond acceptors (Lipinski definition) is 5. The van der Waals surface area contributed by atoms with Gasteiger partial charge in [-0.25, -0.2) is 18.1 Å². The Morgan fingerprint density at radius 2 is 2.00 bits per heavy atom. The minimum absolute atomic E-state index is 0.0409. The number of benzene rings is 1. The van der Waals surface area contributed by atoms with Crippen LogP contribution in [0.1, 0.15) is 49.4 Å². The van der Waals surface area contributed by atoms with Gasteiger partial charge in [0.1, 0.15) is 5.75 Å². The topological polar surface area (TPSA) is 88.6 Å². The molecule has 2 aliphatic rings. The van der Waals surface area contributed by atoms with Crippen LogP contribution in [0.15, 0.2) is 41.4 Å². The Morgan fingerprint density at radius 1 is 1.21 bits per heavy atom. The molecule has 28 heavy (non-hydrogen) atoms. The first-order valence-corrected chi connectivity index (χ1v) is 11.1. The van der Waals surface area contributed by atoms with Gasteiger partial charge in [-0.3, -0.25) is 9.69 Å². The van der Waals surface area contributed by atoms with Gasteiger partial charge < -0.3 is 4.74 Å². The van der Waals surface area contributed by atoms with Crippen molar-refractivity contribution in [1.82, 2.24) is 9.71 Å². The molecule has 0 radical (unpaired) electrons. The summed E-state index contributed by atoms with van der Waals surface area (Å²) in [5, 5.41) is 0. The molecular formula is C20H23N3O4S. The van der Waals surface area contributed by atoms with Gasteiger partial charge >= 0.3 is 0 Å². The lowest BCUT2D eigenvalue weighted by Crippen LogP contribution is -2.33. The number of nitrogens with one attached hydrogen (secondary N) is 1. The fourth-order valence-electron chi connectivity index (χ4n) is 3.72. The number of fused-ring (bicyclic) bond motifs is 2. The molecule has 1 aromatic heterocycles. The van der Waals surface area contributed by atoms with Gasteiger partial charge in [-0.1, -0.05) is 19.8 Å². The Kier molecular flexibility index (Phi) is 5.07. The normalized spacial score (nSPS) is 17.0. The van der Waals surface area contributed by atoms with Crippen molar-refractivity contribution in [1.29, 1.82) is 0 Å². The minimum atomic E-state index is -3.70. The van der Waals surface area contributed by atoms with Crippen molar-refractivity contribution in [3.63, 3.8) is 0 Å². The first kappa shape index (κ1) is 18.9. The molecule has 0 spiro atoms. The second-order valence-electron chi connectivity index (χ2n) is 7.14. The zero-order valence-corrected chi connectivity index (χ0v) is 16.5. The first-order valence-electron chi connectivity index (χ1n) is 9.60. The predicted molar refractivity (Wildman–Crippen MR) is 105 cm³/mol. The maximum atomic E-state index is 13.2. The molecule has 1 aliphatic heterocycles. The molecule has 1 amide bonds. The van der Waals surface area contributed by atoms with Gasteiger partial charge in [0, 0.05) is 18.8 Å². The van der Waals surface area contributed by atoms with Crippen molar-refractivity contribution in [2.24, 2.45) is 0 Å². The molecule has 2 aromatic rings. The molecule has 1 aliphatic carbocycles. The van der Waals surface area contributed by atoms with E-state index in [4.69, 9.17) is 4.74 Å². The van der Waals surface area contributed by atoms with E-state index in [0.29, 0.717) is 23.9 Å². The van der Waals surface area contributed by atoms with Crippen LogP contribution < -0.4 is 14.4 Å². The van der Waals surface area contributed by atoms with E-state index in [-0.39, 0.29) is 22.4 Å². The van der Waals surface area contributed by atoms with Crippen molar-refractivity contribution in [3.05, 3.63) is 42.1 Å². The fraction of sp³-hybridized carbons (Fsp3) is 0.400. The number of anilines is 1. The molecular weight excluding hydrogens is 378 g/mol. The van der Waals surface area contributed by atoms with Gasteiger partial charge in [-0.15, -0.1) is 0 Å². The standard InChI is InChI=1S/C20H23N3O4S/c1-2-12-23-19-18(8-5-11-21-19)27-17-10-9-15(13-16(17)20(23)24)28(25,26)22-14-6-3-4-7-14/h5,8-11,13-14,22H,2-4,6-7,12H2,1H3. The summed E-state index contributed by atoms with van der Waals surface area (Å²) in [5.74, 6) is 0.937. The Bertz CT molecular complexity index is 1000. The molecule has 8 heteroatoms. The Labute approximate surface area is 164 Å². The van der Waals surface area contributed by atoms with E-state index in [0.717, 1.165) is 32.1 Å². The van der Waals surface area contributed by atoms with E-state index in [1.54, 1.807) is 29.3 Å². The highest BCUT2D eigenvalue weighted by atomic mass is 32.2. The Morgan fingerprint density at radius 3 is 2.75 bits per heavy atom. The summed E-state index contributed by atoms with van der Waals surface area (Å²) in [5.41, 5.74) is 0.223. The highest BCUT2D eigenvalue weighted by Crippen LogP contribution is 2.38. The third kappa shape index (κ3) is 3.49. The second kappa shape index (κ2) is 7.52. The molecule has 2 heterocycles. The third-order valence-corrected chi connectivity index (χ3v) is 6.61. The van der Waals surface area contributed by atoms with Gasteiger partial charge in [-0.05, 0) is 49.6 Å². The molecule has 1 N–H and O–H groups in total. The molecule has 0 unspecified atom stereocenters. The predicted octanol–water partition coefficient (Wildman–Crippen LogP) is 3.47. The fourth-order valence-corrected chi connectivity index (χ4v) is 5.05. The number of rotatable bonds is 5. The number of amides is 1. The highest BCUT2D eigenvalue weighted by Gasteiger charge is 2.31. The molecule has 0 atom stereocenters. The maximum Gasteiger partial charge on any atom is 0.263 e. The number of hydrogen-bond donors (Lipinski definition) is 1. The highest BCUT2D eigenvalue weighted by molar-refractivity contribution is 7.89. The zero-order chi connectivity index (χ0) is 19.7. The number of aromatic nitrogens is 1. The second-order valence-corrected chi connectivity index (χ2v) is 8.86. The lowest BCUT2D eigenvalue weighted by molar-refractivity contribution is 0.0986. The van der Waals surface area contributed by atoms with Crippen LogP contribution in [0.2, 0.25) is 0 Å². The summed E-state index contributed by atoms with van der Waals surface area (Å²) >= 11 is 0. The number of sulfonamides is 1. The van der Waals surface area contributed by atoms with Gasteiger partial charge in [0.05, 0.1) is 10.5 Å². The molecule has 1 fully saturated rings. The third-order valence-electron chi connectivity index (χ3n) is 5.09. The van der Waals surface area contributed by atoms with Crippen LogP contribution >= 0.6 is 0 Å². The van der Waals surface area contributed by atoms with E-state index in [9.17, 15) is 13.2 Å². The van der Waals surface area contributed by atoms with Crippen LogP contribution in [0, 0.1) is 0 Å². The largest absolute Gasteiger partial charge is 0.453 e. The van der Waals surface area contributed by atoms with E-state index in [1.807, 2.05) is 6.92 Å². The van der Waals surface area contributed by atoms with Crippen LogP contribution in [0.25, 0.3) is 0 Å². The molecule has 148 valence electrons. The van der Waals surface area contributed by atoms with E-state index < -0.39 is 10.0 Å². The van der Waals surface area contributed by atoms with Gasteiger partial charge in [0.2, 0.25) is 10.0 Å². The van der Waals surface area contributed by atoms with E-state index in [2.05, 4.69) is 9.71 Å². The summed E-state index contributed by atoms with van der Waals surface area (Å²) in [7, 11) is -3.70. The average molecular weight is 401 g/mol. The quantitative estimate of drug-likeness (QED) is 0.829. The van der Waals surface area contributed by atoms with Crippen LogP contribution in [0.3, 0.4) is 0 Å². The van der Waals surface area contributed by atoms with Crippen molar-refractivity contribution in [3.8, 4) is 11.5 Å². The maximum absolute atomic E-state index is 13.2. The molecule has 0 saturated heterocycles. The molecule has 4 rings (SSSR count). The summed E-state index contributed by atoms with van der Waals surface area (Å²) in [6.07, 6.45) is 6.09. The van der Waals surface area contributed by atoms with E-state index >= 15 is 0 Å². The number of pyridine rings is 1. The summed E-state index contributed by atoms with van der Waals surface area (Å²) in [6, 6.07) is 7.88. The number of carbonyl (C=O) groups is 1. The Balaban J connectivity index is 1.73. The molecule has 7 nitrogen and oxygen atoms in total. The van der Waals surface area contributed by atoms with Crippen molar-refractivity contribution in [2.45, 2.75) is 50.0 Å². The van der Waals surface area contributed by atoms with Gasteiger partial charge in [0.15, 0.2) is 11.6 Å². The lowest BCUT2D eigenvalue weighted by Gasteiger charge is -2.20. The van der Waals surface area contributed by atoms with Crippen LogP contribution in [-0.2, 0) is 10.0 Å². The lowest BCUT2D eigenvalue weighted by atomic mass is 10.1. The smallest absolute Gasteiger partial charge is 0.263 e. The Hall–Kier alpha value is -2.45. The van der Waals surface area contributed by atoms with Crippen molar-refractivity contribution < 1.29 is 17.9 Å². The molecule has 1 saturated carbocycles. The zero-order valence-electron chi connectivity index (χ0n) is 15.7. The summed E-state index contributed by atoms with van der Waals surface area (Å²) in [6.45, 7) is 2.43. The van der Waals surface area contributed by atoms with Crippen LogP contribution in [0.5, 0.6) is 11.5 Å². The van der Waals surface area contributed by atoms with Crippen molar-refractivity contribution >= 4 is 21.7 Å². The van der Waals surface area contributed by atoms with Crippen molar-refractivity contribution in [2.75, 3.05) is 11.4 Å². The first-order chi connectivity index (χ1) is 13.5. The average Bonchev–Trinajstić information content (AvgIpc) is 3.15. The minimum Gasteiger partial charge on any atom is -0.453 e.